The van der Waals surface area contributed by atoms with Crippen molar-refractivity contribution in [3.05, 3.63) is 47.3 Å². The average Bonchev–Trinajstić information content (AvgIpc) is 2.67. The second kappa shape index (κ2) is 4.72. The molecule has 0 aliphatic heterocycles. The first-order valence-electron chi connectivity index (χ1n) is 6.01. The van der Waals surface area contributed by atoms with Gasteiger partial charge in [-0.25, -0.2) is 4.68 Å². The van der Waals surface area contributed by atoms with Gasteiger partial charge in [0.1, 0.15) is 0 Å². The van der Waals surface area contributed by atoms with Gasteiger partial charge in [0.15, 0.2) is 0 Å². The van der Waals surface area contributed by atoms with Gasteiger partial charge in [0.25, 0.3) is 0 Å². The predicted octanol–water partition coefficient (Wildman–Crippen LogP) is 2.90. The number of rotatable bonds is 3. The summed E-state index contributed by atoms with van der Waals surface area (Å²) in [5, 5.41) is 4.52. The maximum absolute atomic E-state index is 6.15. The summed E-state index contributed by atoms with van der Waals surface area (Å²) in [6, 6.07) is 10.4. The third kappa shape index (κ3) is 2.24. The van der Waals surface area contributed by atoms with Crippen LogP contribution >= 0.6 is 0 Å². The quantitative estimate of drug-likeness (QED) is 0.879. The molecule has 17 heavy (non-hydrogen) atoms. The third-order valence-corrected chi connectivity index (χ3v) is 3.01. The highest BCUT2D eigenvalue weighted by Crippen LogP contribution is 2.23. The van der Waals surface area contributed by atoms with E-state index in [1.54, 1.807) is 0 Å². The van der Waals surface area contributed by atoms with Crippen molar-refractivity contribution in [3.8, 4) is 5.69 Å². The van der Waals surface area contributed by atoms with Crippen molar-refractivity contribution in [1.29, 1.82) is 0 Å². The highest BCUT2D eigenvalue weighted by atomic mass is 15.3. The van der Waals surface area contributed by atoms with Gasteiger partial charge in [-0.15, -0.1) is 0 Å². The van der Waals surface area contributed by atoms with Crippen LogP contribution in [0.15, 0.2) is 30.3 Å². The molecule has 2 rings (SSSR count). The Morgan fingerprint density at radius 2 is 2.00 bits per heavy atom. The summed E-state index contributed by atoms with van der Waals surface area (Å²) in [4.78, 5) is 0. The molecule has 0 spiro atoms. The summed E-state index contributed by atoms with van der Waals surface area (Å²) in [5.41, 5.74) is 10.6. The molecule has 2 aromatic rings. The largest absolute Gasteiger partial charge is 0.324 e. The standard InChI is InChI=1S/C14H19N3/c1-4-13(15)12-7-5-6-8-14(12)17-11(3)9-10(2)16-17/h5-9,13H,4,15H2,1-3H3. The van der Waals surface area contributed by atoms with Crippen LogP contribution in [0.2, 0.25) is 0 Å². The van der Waals surface area contributed by atoms with Gasteiger partial charge in [-0.2, -0.15) is 5.10 Å². The highest BCUT2D eigenvalue weighted by molar-refractivity contribution is 5.43. The SMILES string of the molecule is CCC(N)c1ccccc1-n1nc(C)cc1C. The zero-order chi connectivity index (χ0) is 12.4. The fourth-order valence-corrected chi connectivity index (χ4v) is 2.09. The topological polar surface area (TPSA) is 43.8 Å². The number of hydrogen-bond acceptors (Lipinski definition) is 2. The maximum Gasteiger partial charge on any atom is 0.0696 e. The molecule has 0 aliphatic carbocycles. The summed E-state index contributed by atoms with van der Waals surface area (Å²) in [6.07, 6.45) is 0.927. The molecule has 0 fully saturated rings. The summed E-state index contributed by atoms with van der Waals surface area (Å²) >= 11 is 0. The molecule has 0 aliphatic rings. The lowest BCUT2D eigenvalue weighted by Crippen LogP contribution is -2.13. The number of hydrogen-bond donors (Lipinski definition) is 1. The molecule has 0 radical (unpaired) electrons. The van der Waals surface area contributed by atoms with Crippen molar-refractivity contribution in [1.82, 2.24) is 9.78 Å². The van der Waals surface area contributed by atoms with Crippen molar-refractivity contribution in [3.63, 3.8) is 0 Å². The number of aromatic nitrogens is 2. The maximum atomic E-state index is 6.15. The lowest BCUT2D eigenvalue weighted by Gasteiger charge is -2.15. The molecule has 1 heterocycles. The lowest BCUT2D eigenvalue weighted by molar-refractivity contribution is 0.683. The summed E-state index contributed by atoms with van der Waals surface area (Å²) in [6.45, 7) is 6.17. The van der Waals surface area contributed by atoms with Gasteiger partial charge in [-0.1, -0.05) is 25.1 Å². The Labute approximate surface area is 102 Å². The molecule has 3 heteroatoms. The molecule has 2 N–H and O–H groups in total. The normalized spacial score (nSPS) is 12.7. The van der Waals surface area contributed by atoms with Crippen LogP contribution in [0, 0.1) is 13.8 Å². The van der Waals surface area contributed by atoms with E-state index in [-0.39, 0.29) is 6.04 Å². The van der Waals surface area contributed by atoms with E-state index >= 15 is 0 Å². The van der Waals surface area contributed by atoms with Gasteiger partial charge in [0.2, 0.25) is 0 Å². The van der Waals surface area contributed by atoms with E-state index in [0.29, 0.717) is 0 Å². The van der Waals surface area contributed by atoms with Crippen molar-refractivity contribution < 1.29 is 0 Å². The minimum atomic E-state index is 0.0649. The minimum absolute atomic E-state index is 0.0649. The molecule has 0 saturated heterocycles. The molecular formula is C14H19N3. The van der Waals surface area contributed by atoms with Crippen LogP contribution in [0.3, 0.4) is 0 Å². The lowest BCUT2D eigenvalue weighted by atomic mass is 10.0. The monoisotopic (exact) mass is 229 g/mol. The summed E-state index contributed by atoms with van der Waals surface area (Å²) in [5.74, 6) is 0. The Hall–Kier alpha value is -1.61. The molecule has 0 saturated carbocycles. The van der Waals surface area contributed by atoms with Crippen LogP contribution in [0.25, 0.3) is 5.69 Å². The Bertz CT molecular complexity index is 514. The summed E-state index contributed by atoms with van der Waals surface area (Å²) < 4.78 is 1.97. The van der Waals surface area contributed by atoms with Crippen LogP contribution in [-0.4, -0.2) is 9.78 Å². The van der Waals surface area contributed by atoms with E-state index in [1.807, 2.05) is 23.7 Å². The number of nitrogens with zero attached hydrogens (tertiary/aromatic N) is 2. The van der Waals surface area contributed by atoms with Crippen molar-refractivity contribution in [2.75, 3.05) is 0 Å². The predicted molar refractivity (Wildman–Crippen MR) is 70.3 cm³/mol. The average molecular weight is 229 g/mol. The van der Waals surface area contributed by atoms with E-state index in [1.165, 1.54) is 0 Å². The first-order valence-corrected chi connectivity index (χ1v) is 6.01. The van der Waals surface area contributed by atoms with Gasteiger partial charge in [-0.3, -0.25) is 0 Å². The van der Waals surface area contributed by atoms with E-state index in [4.69, 9.17) is 5.73 Å². The fraction of sp³-hybridized carbons (Fsp3) is 0.357. The molecule has 1 unspecified atom stereocenters. The second-order valence-electron chi connectivity index (χ2n) is 4.41. The molecule has 0 bridgehead atoms. The number of benzene rings is 1. The Morgan fingerprint density at radius 1 is 1.29 bits per heavy atom. The molecule has 1 aromatic heterocycles. The minimum Gasteiger partial charge on any atom is -0.324 e. The van der Waals surface area contributed by atoms with Gasteiger partial charge in [0.05, 0.1) is 11.4 Å². The Morgan fingerprint density at radius 3 is 2.59 bits per heavy atom. The second-order valence-corrected chi connectivity index (χ2v) is 4.41. The number of nitrogens with two attached hydrogens (primary N) is 1. The van der Waals surface area contributed by atoms with E-state index < -0.39 is 0 Å². The Balaban J connectivity index is 2.55. The van der Waals surface area contributed by atoms with E-state index in [2.05, 4.69) is 37.1 Å². The number of aryl methyl sites for hydroxylation is 2. The highest BCUT2D eigenvalue weighted by Gasteiger charge is 2.12. The third-order valence-electron chi connectivity index (χ3n) is 3.01. The fourth-order valence-electron chi connectivity index (χ4n) is 2.09. The molecule has 1 aromatic carbocycles. The van der Waals surface area contributed by atoms with Crippen LogP contribution in [0.1, 0.15) is 36.3 Å². The van der Waals surface area contributed by atoms with Crippen molar-refractivity contribution in [2.24, 2.45) is 5.73 Å². The first kappa shape index (κ1) is 11.9. The van der Waals surface area contributed by atoms with E-state index in [0.717, 1.165) is 29.1 Å². The summed E-state index contributed by atoms with van der Waals surface area (Å²) in [7, 11) is 0. The van der Waals surface area contributed by atoms with Crippen LogP contribution < -0.4 is 5.73 Å². The van der Waals surface area contributed by atoms with Crippen LogP contribution in [-0.2, 0) is 0 Å². The number of para-hydroxylation sites is 1. The first-order chi connectivity index (χ1) is 8.13. The zero-order valence-corrected chi connectivity index (χ0v) is 10.6. The van der Waals surface area contributed by atoms with Gasteiger partial charge >= 0.3 is 0 Å². The molecule has 90 valence electrons. The molecule has 0 amide bonds. The Kier molecular flexibility index (Phi) is 3.29. The van der Waals surface area contributed by atoms with Gasteiger partial charge in [-0.05, 0) is 38.0 Å². The van der Waals surface area contributed by atoms with Crippen molar-refractivity contribution in [2.45, 2.75) is 33.2 Å². The van der Waals surface area contributed by atoms with Crippen LogP contribution in [0.4, 0.5) is 0 Å². The smallest absolute Gasteiger partial charge is 0.0696 e. The van der Waals surface area contributed by atoms with Gasteiger partial charge in [0, 0.05) is 11.7 Å². The molecule has 3 nitrogen and oxygen atoms in total. The van der Waals surface area contributed by atoms with Crippen molar-refractivity contribution >= 4 is 0 Å². The van der Waals surface area contributed by atoms with Crippen LogP contribution in [0.5, 0.6) is 0 Å². The molecule has 1 atom stereocenters. The van der Waals surface area contributed by atoms with Gasteiger partial charge < -0.3 is 5.73 Å². The molecular weight excluding hydrogens is 210 g/mol. The zero-order valence-electron chi connectivity index (χ0n) is 10.6. The van der Waals surface area contributed by atoms with E-state index in [9.17, 15) is 0 Å².